The molecule has 0 spiro atoms. The average Bonchev–Trinajstić information content (AvgIpc) is 2.73. The van der Waals surface area contributed by atoms with E-state index in [4.69, 9.17) is 14.2 Å². The molecule has 0 atom stereocenters. The van der Waals surface area contributed by atoms with Gasteiger partial charge in [-0.3, -0.25) is 0 Å². The van der Waals surface area contributed by atoms with Crippen molar-refractivity contribution in [3.05, 3.63) is 66.1 Å². The van der Waals surface area contributed by atoms with Crippen LogP contribution in [0.1, 0.15) is 23.1 Å². The van der Waals surface area contributed by atoms with Crippen LogP contribution in [0.2, 0.25) is 0 Å². The summed E-state index contributed by atoms with van der Waals surface area (Å²) in [5.41, 5.74) is 1.35. The van der Waals surface area contributed by atoms with E-state index in [0.717, 1.165) is 0 Å². The van der Waals surface area contributed by atoms with Gasteiger partial charge >= 0.3 is 5.97 Å². The van der Waals surface area contributed by atoms with Crippen LogP contribution in [0, 0.1) is 0 Å². The van der Waals surface area contributed by atoms with Crippen LogP contribution in [-0.4, -0.2) is 34.8 Å². The van der Waals surface area contributed by atoms with Gasteiger partial charge in [0, 0.05) is 17.8 Å². The third-order valence-corrected chi connectivity index (χ3v) is 3.92. The molecule has 0 aliphatic heterocycles. The van der Waals surface area contributed by atoms with Crippen LogP contribution in [0.15, 0.2) is 54.7 Å². The number of benzene rings is 2. The molecule has 0 saturated carbocycles. The highest BCUT2D eigenvalue weighted by Crippen LogP contribution is 2.26. The van der Waals surface area contributed by atoms with Gasteiger partial charge in [-0.25, -0.2) is 14.8 Å². The first kappa shape index (κ1) is 19.2. The van der Waals surface area contributed by atoms with E-state index in [0.29, 0.717) is 40.9 Å². The molecule has 0 aliphatic carbocycles. The highest BCUT2D eigenvalue weighted by Gasteiger charge is 2.14. The maximum atomic E-state index is 11.5. The molecule has 7 nitrogen and oxygen atoms in total. The third-order valence-electron chi connectivity index (χ3n) is 3.92. The van der Waals surface area contributed by atoms with Gasteiger partial charge in [0.15, 0.2) is 5.82 Å². The number of carboxylic acids is 1. The van der Waals surface area contributed by atoms with Gasteiger partial charge in [0.25, 0.3) is 0 Å². The number of rotatable bonds is 8. The molecule has 7 heteroatoms. The molecule has 0 bridgehead atoms. The number of carbonyl (C=O) groups is 1. The van der Waals surface area contributed by atoms with Crippen LogP contribution in [-0.2, 0) is 6.61 Å². The fourth-order valence-electron chi connectivity index (χ4n) is 2.61. The smallest absolute Gasteiger partial charge is 0.339 e. The van der Waals surface area contributed by atoms with E-state index in [1.165, 1.54) is 0 Å². The van der Waals surface area contributed by atoms with E-state index in [9.17, 15) is 9.90 Å². The van der Waals surface area contributed by atoms with Gasteiger partial charge in [0.2, 0.25) is 0 Å². The monoisotopic (exact) mass is 380 g/mol. The number of ether oxygens (including phenoxy) is 3. The summed E-state index contributed by atoms with van der Waals surface area (Å²) < 4.78 is 16.3. The quantitative estimate of drug-likeness (QED) is 0.635. The molecule has 3 aromatic rings. The maximum absolute atomic E-state index is 11.5. The van der Waals surface area contributed by atoms with Gasteiger partial charge in [0.05, 0.1) is 19.4 Å². The molecule has 0 radical (unpaired) electrons. The van der Waals surface area contributed by atoms with Gasteiger partial charge in [-0.05, 0) is 43.3 Å². The predicted molar refractivity (Wildman–Crippen MR) is 103 cm³/mol. The summed E-state index contributed by atoms with van der Waals surface area (Å²) in [5.74, 6) is 1.09. The van der Waals surface area contributed by atoms with Crippen molar-refractivity contribution in [3.8, 4) is 28.5 Å². The second-order valence-electron chi connectivity index (χ2n) is 5.77. The molecule has 3 rings (SSSR count). The van der Waals surface area contributed by atoms with Crippen molar-refractivity contribution >= 4 is 5.97 Å². The largest absolute Gasteiger partial charge is 0.497 e. The lowest BCUT2D eigenvalue weighted by molar-refractivity contribution is 0.0692. The number of aromatic nitrogens is 2. The molecule has 0 unspecified atom stereocenters. The number of aromatic carboxylic acids is 1. The predicted octanol–water partition coefficient (Wildman–Crippen LogP) is 3.83. The van der Waals surface area contributed by atoms with Crippen molar-refractivity contribution in [2.24, 2.45) is 0 Å². The van der Waals surface area contributed by atoms with Gasteiger partial charge in [-0.2, -0.15) is 0 Å². The second kappa shape index (κ2) is 8.85. The van der Waals surface area contributed by atoms with E-state index < -0.39 is 5.97 Å². The normalized spacial score (nSPS) is 10.4. The first-order valence-electron chi connectivity index (χ1n) is 8.70. The first-order valence-corrected chi connectivity index (χ1v) is 8.70. The fraction of sp³-hybridized carbons (Fsp3) is 0.190. The molecule has 1 heterocycles. The van der Waals surface area contributed by atoms with E-state index in [-0.39, 0.29) is 12.2 Å². The minimum absolute atomic E-state index is 0.0899. The Morgan fingerprint density at radius 3 is 2.64 bits per heavy atom. The Hall–Kier alpha value is -3.61. The number of hydrogen-bond acceptors (Lipinski definition) is 6. The molecule has 0 fully saturated rings. The summed E-state index contributed by atoms with van der Waals surface area (Å²) in [7, 11) is 1.59. The van der Waals surface area contributed by atoms with Crippen molar-refractivity contribution in [1.82, 2.24) is 9.97 Å². The lowest BCUT2D eigenvalue weighted by atomic mass is 10.1. The standard InChI is InChI=1S/C21H20N2O5/c1-3-27-19-8-7-14(11-17(19)21(24)25)18-9-10-22-20(23-18)13-28-16-6-4-5-15(12-16)26-2/h4-12H,3,13H2,1-2H3,(H,24,25). The van der Waals surface area contributed by atoms with Crippen LogP contribution in [0.3, 0.4) is 0 Å². The lowest BCUT2D eigenvalue weighted by Crippen LogP contribution is -2.04. The minimum atomic E-state index is -1.05. The molecule has 144 valence electrons. The Morgan fingerprint density at radius 1 is 1.07 bits per heavy atom. The van der Waals surface area contributed by atoms with Gasteiger partial charge < -0.3 is 19.3 Å². The maximum Gasteiger partial charge on any atom is 0.339 e. The van der Waals surface area contributed by atoms with Crippen molar-refractivity contribution in [1.29, 1.82) is 0 Å². The molecule has 1 aromatic heterocycles. The molecule has 0 amide bonds. The highest BCUT2D eigenvalue weighted by atomic mass is 16.5. The topological polar surface area (TPSA) is 90.8 Å². The number of nitrogens with zero attached hydrogens (tertiary/aromatic N) is 2. The van der Waals surface area contributed by atoms with Crippen LogP contribution in [0.25, 0.3) is 11.3 Å². The molecule has 2 aromatic carbocycles. The summed E-state index contributed by atoms with van der Waals surface area (Å²) in [6.07, 6.45) is 1.61. The SMILES string of the molecule is CCOc1ccc(-c2ccnc(COc3cccc(OC)c3)n2)cc1C(=O)O. The van der Waals surface area contributed by atoms with Crippen LogP contribution < -0.4 is 14.2 Å². The number of methoxy groups -OCH3 is 1. The Labute approximate surface area is 162 Å². The first-order chi connectivity index (χ1) is 13.6. The van der Waals surface area contributed by atoms with Crippen molar-refractivity contribution < 1.29 is 24.1 Å². The van der Waals surface area contributed by atoms with Crippen LogP contribution >= 0.6 is 0 Å². The fourth-order valence-corrected chi connectivity index (χ4v) is 2.61. The summed E-state index contributed by atoms with van der Waals surface area (Å²) in [5, 5.41) is 9.43. The third kappa shape index (κ3) is 4.56. The highest BCUT2D eigenvalue weighted by molar-refractivity contribution is 5.92. The number of hydrogen-bond donors (Lipinski definition) is 1. The average molecular weight is 380 g/mol. The Bertz CT molecular complexity index is 975. The Morgan fingerprint density at radius 2 is 1.89 bits per heavy atom. The molecule has 0 aliphatic rings. The second-order valence-corrected chi connectivity index (χ2v) is 5.77. The summed E-state index contributed by atoms with van der Waals surface area (Å²) in [6.45, 7) is 2.36. The lowest BCUT2D eigenvalue weighted by Gasteiger charge is -2.10. The minimum Gasteiger partial charge on any atom is -0.497 e. The van der Waals surface area contributed by atoms with Crippen LogP contribution in [0.5, 0.6) is 17.2 Å². The Kier molecular flexibility index (Phi) is 6.06. The van der Waals surface area contributed by atoms with Crippen molar-refractivity contribution in [3.63, 3.8) is 0 Å². The zero-order chi connectivity index (χ0) is 19.9. The van der Waals surface area contributed by atoms with Gasteiger partial charge in [-0.15, -0.1) is 0 Å². The summed E-state index contributed by atoms with van der Waals surface area (Å²) in [4.78, 5) is 20.2. The zero-order valence-electron chi connectivity index (χ0n) is 15.6. The van der Waals surface area contributed by atoms with Crippen LogP contribution in [0.4, 0.5) is 0 Å². The molecule has 28 heavy (non-hydrogen) atoms. The molecular weight excluding hydrogens is 360 g/mol. The van der Waals surface area contributed by atoms with E-state index in [1.807, 2.05) is 18.2 Å². The Balaban J connectivity index is 1.81. The summed E-state index contributed by atoms with van der Waals surface area (Å²) >= 11 is 0. The van der Waals surface area contributed by atoms with Crippen molar-refractivity contribution in [2.45, 2.75) is 13.5 Å². The zero-order valence-corrected chi connectivity index (χ0v) is 15.6. The van der Waals surface area contributed by atoms with E-state index >= 15 is 0 Å². The van der Waals surface area contributed by atoms with E-state index in [1.54, 1.807) is 50.6 Å². The molecule has 0 saturated heterocycles. The van der Waals surface area contributed by atoms with Gasteiger partial charge in [-0.1, -0.05) is 6.07 Å². The molecular formula is C21H20N2O5. The van der Waals surface area contributed by atoms with Crippen molar-refractivity contribution in [2.75, 3.05) is 13.7 Å². The number of carboxylic acid groups (broad SMARTS) is 1. The van der Waals surface area contributed by atoms with Gasteiger partial charge in [0.1, 0.15) is 29.4 Å². The molecule has 1 N–H and O–H groups in total. The van der Waals surface area contributed by atoms with E-state index in [2.05, 4.69) is 9.97 Å². The summed E-state index contributed by atoms with van der Waals surface area (Å²) in [6, 6.07) is 13.9.